The van der Waals surface area contributed by atoms with Crippen LogP contribution in [-0.4, -0.2) is 17.7 Å². The van der Waals surface area contributed by atoms with Gasteiger partial charge in [0, 0.05) is 5.02 Å². The molecule has 3 nitrogen and oxygen atoms in total. The lowest BCUT2D eigenvalue weighted by molar-refractivity contribution is -0.154. The van der Waals surface area contributed by atoms with E-state index in [0.29, 0.717) is 17.2 Å². The summed E-state index contributed by atoms with van der Waals surface area (Å²) >= 11 is 5.76. The van der Waals surface area contributed by atoms with Crippen molar-refractivity contribution in [3.8, 4) is 0 Å². The third-order valence-corrected chi connectivity index (χ3v) is 2.36. The molecule has 0 saturated heterocycles. The van der Waals surface area contributed by atoms with E-state index in [1.165, 1.54) is 0 Å². The fraction of sp³-hybridized carbons (Fsp3) is 0.417. The molecule has 0 aliphatic heterocycles. The highest BCUT2D eigenvalue weighted by Crippen LogP contribution is 2.18. The van der Waals surface area contributed by atoms with E-state index in [0.717, 1.165) is 12.8 Å². The van der Waals surface area contributed by atoms with Crippen LogP contribution in [0.25, 0.3) is 0 Å². The van der Waals surface area contributed by atoms with Gasteiger partial charge >= 0.3 is 5.97 Å². The molecule has 0 radical (unpaired) electrons. The lowest BCUT2D eigenvalue weighted by Crippen LogP contribution is -2.16. The summed E-state index contributed by atoms with van der Waals surface area (Å²) in [7, 11) is 0. The van der Waals surface area contributed by atoms with Gasteiger partial charge in [-0.25, -0.2) is 4.79 Å². The molecule has 4 heteroatoms. The number of unbranched alkanes of at least 4 members (excludes halogenated alkanes) is 1. The van der Waals surface area contributed by atoms with Gasteiger partial charge in [-0.2, -0.15) is 0 Å². The lowest BCUT2D eigenvalue weighted by atomic mass is 10.1. The van der Waals surface area contributed by atoms with Gasteiger partial charge in [-0.3, -0.25) is 0 Å². The van der Waals surface area contributed by atoms with Gasteiger partial charge in [0.2, 0.25) is 0 Å². The summed E-state index contributed by atoms with van der Waals surface area (Å²) in [6.07, 6.45) is 0.490. The zero-order valence-electron chi connectivity index (χ0n) is 9.15. The summed E-state index contributed by atoms with van der Waals surface area (Å²) in [4.78, 5) is 11.4. The molecule has 0 saturated carbocycles. The van der Waals surface area contributed by atoms with Crippen LogP contribution in [0.3, 0.4) is 0 Å². The first-order chi connectivity index (χ1) is 7.65. The number of hydrogen-bond donors (Lipinski definition) is 1. The van der Waals surface area contributed by atoms with Crippen LogP contribution < -0.4 is 0 Å². The quantitative estimate of drug-likeness (QED) is 0.638. The standard InChI is InChI=1S/C12H15ClO3/c1-2-3-7-16-12(15)11(14)9-5-4-6-10(13)8-9/h4-6,8,11,14H,2-3,7H2,1H3. The van der Waals surface area contributed by atoms with E-state index in [2.05, 4.69) is 0 Å². The second-order valence-corrected chi connectivity index (χ2v) is 3.92. The zero-order chi connectivity index (χ0) is 12.0. The van der Waals surface area contributed by atoms with E-state index < -0.39 is 12.1 Å². The summed E-state index contributed by atoms with van der Waals surface area (Å²) in [6.45, 7) is 2.34. The summed E-state index contributed by atoms with van der Waals surface area (Å²) < 4.78 is 4.91. The molecule has 0 heterocycles. The van der Waals surface area contributed by atoms with Crippen LogP contribution in [0.5, 0.6) is 0 Å². The predicted octanol–water partition coefficient (Wildman–Crippen LogP) is 2.72. The maximum atomic E-state index is 11.4. The Balaban J connectivity index is 2.56. The van der Waals surface area contributed by atoms with Gasteiger partial charge in [0.1, 0.15) is 0 Å². The van der Waals surface area contributed by atoms with Crippen molar-refractivity contribution >= 4 is 17.6 Å². The molecular weight excluding hydrogens is 228 g/mol. The van der Waals surface area contributed by atoms with Crippen LogP contribution in [0, 0.1) is 0 Å². The van der Waals surface area contributed by atoms with Crippen molar-refractivity contribution in [3.05, 3.63) is 34.9 Å². The first-order valence-electron chi connectivity index (χ1n) is 5.25. The molecular formula is C12H15ClO3. The number of carbonyl (C=O) groups is 1. The van der Waals surface area contributed by atoms with Crippen LogP contribution in [-0.2, 0) is 9.53 Å². The highest BCUT2D eigenvalue weighted by atomic mass is 35.5. The molecule has 88 valence electrons. The molecule has 1 atom stereocenters. The first kappa shape index (κ1) is 13.0. The molecule has 0 aromatic heterocycles. The van der Waals surface area contributed by atoms with Crippen molar-refractivity contribution in [2.75, 3.05) is 6.61 Å². The molecule has 0 fully saturated rings. The lowest BCUT2D eigenvalue weighted by Gasteiger charge is -2.10. The molecule has 1 rings (SSSR count). The first-order valence-corrected chi connectivity index (χ1v) is 5.63. The maximum Gasteiger partial charge on any atom is 0.339 e. The van der Waals surface area contributed by atoms with Crippen LogP contribution in [0.1, 0.15) is 31.4 Å². The van der Waals surface area contributed by atoms with Crippen molar-refractivity contribution in [2.45, 2.75) is 25.9 Å². The van der Waals surface area contributed by atoms with Crippen molar-refractivity contribution in [1.29, 1.82) is 0 Å². The number of benzene rings is 1. The minimum Gasteiger partial charge on any atom is -0.464 e. The van der Waals surface area contributed by atoms with Crippen molar-refractivity contribution in [3.63, 3.8) is 0 Å². The van der Waals surface area contributed by atoms with Gasteiger partial charge < -0.3 is 9.84 Å². The summed E-state index contributed by atoms with van der Waals surface area (Å²) in [5.41, 5.74) is 0.453. The van der Waals surface area contributed by atoms with Gasteiger partial charge in [0.15, 0.2) is 6.10 Å². The molecule has 0 amide bonds. The Bertz CT molecular complexity index is 352. The number of aliphatic hydroxyl groups is 1. The second kappa shape index (κ2) is 6.51. The second-order valence-electron chi connectivity index (χ2n) is 3.48. The van der Waals surface area contributed by atoms with Crippen molar-refractivity contribution < 1.29 is 14.6 Å². The van der Waals surface area contributed by atoms with Crippen molar-refractivity contribution in [1.82, 2.24) is 0 Å². The average Bonchev–Trinajstić information content (AvgIpc) is 2.28. The van der Waals surface area contributed by atoms with Gasteiger partial charge in [0.25, 0.3) is 0 Å². The third kappa shape index (κ3) is 3.83. The molecule has 1 unspecified atom stereocenters. The third-order valence-electron chi connectivity index (χ3n) is 2.13. The number of halogens is 1. The summed E-state index contributed by atoms with van der Waals surface area (Å²) in [5, 5.41) is 10.2. The smallest absolute Gasteiger partial charge is 0.339 e. The van der Waals surface area contributed by atoms with Gasteiger partial charge in [-0.05, 0) is 24.1 Å². The Morgan fingerprint density at radius 2 is 2.31 bits per heavy atom. The van der Waals surface area contributed by atoms with E-state index in [1.54, 1.807) is 24.3 Å². The number of esters is 1. The number of rotatable bonds is 5. The van der Waals surface area contributed by atoms with Crippen LogP contribution in [0.15, 0.2) is 24.3 Å². The zero-order valence-corrected chi connectivity index (χ0v) is 9.91. The Morgan fingerprint density at radius 1 is 1.56 bits per heavy atom. The van der Waals surface area contributed by atoms with Gasteiger partial charge in [-0.1, -0.05) is 37.1 Å². The van der Waals surface area contributed by atoms with E-state index in [4.69, 9.17) is 16.3 Å². The predicted molar refractivity (Wildman–Crippen MR) is 62.3 cm³/mol. The fourth-order valence-electron chi connectivity index (χ4n) is 1.21. The molecule has 1 N–H and O–H groups in total. The molecule has 0 spiro atoms. The van der Waals surface area contributed by atoms with Crippen LogP contribution in [0.2, 0.25) is 5.02 Å². The maximum absolute atomic E-state index is 11.4. The number of ether oxygens (including phenoxy) is 1. The largest absolute Gasteiger partial charge is 0.464 e. The molecule has 1 aromatic rings. The van der Waals surface area contributed by atoms with Gasteiger partial charge in [0.05, 0.1) is 6.61 Å². The Labute approximate surface area is 100.0 Å². The molecule has 0 bridgehead atoms. The summed E-state index contributed by atoms with van der Waals surface area (Å²) in [5.74, 6) is -0.629. The molecule has 16 heavy (non-hydrogen) atoms. The highest BCUT2D eigenvalue weighted by Gasteiger charge is 2.18. The minimum atomic E-state index is -1.25. The number of aliphatic hydroxyl groups excluding tert-OH is 1. The van der Waals surface area contributed by atoms with E-state index >= 15 is 0 Å². The molecule has 0 aliphatic rings. The average molecular weight is 243 g/mol. The van der Waals surface area contributed by atoms with Crippen LogP contribution in [0.4, 0.5) is 0 Å². The van der Waals surface area contributed by atoms with Crippen molar-refractivity contribution in [2.24, 2.45) is 0 Å². The number of carbonyl (C=O) groups excluding carboxylic acids is 1. The SMILES string of the molecule is CCCCOC(=O)C(O)c1cccc(Cl)c1. The Hall–Kier alpha value is -1.06. The highest BCUT2D eigenvalue weighted by molar-refractivity contribution is 6.30. The van der Waals surface area contributed by atoms with E-state index in [9.17, 15) is 9.90 Å². The van der Waals surface area contributed by atoms with Gasteiger partial charge in [-0.15, -0.1) is 0 Å². The normalized spacial score (nSPS) is 12.2. The topological polar surface area (TPSA) is 46.5 Å². The fourth-order valence-corrected chi connectivity index (χ4v) is 1.41. The number of hydrogen-bond acceptors (Lipinski definition) is 3. The minimum absolute atomic E-state index is 0.340. The van der Waals surface area contributed by atoms with E-state index in [-0.39, 0.29) is 0 Å². The molecule has 1 aromatic carbocycles. The monoisotopic (exact) mass is 242 g/mol. The Morgan fingerprint density at radius 3 is 2.94 bits per heavy atom. The van der Waals surface area contributed by atoms with Crippen LogP contribution >= 0.6 is 11.6 Å². The Kier molecular flexibility index (Phi) is 5.29. The molecule has 0 aliphatic carbocycles. The summed E-state index contributed by atoms with van der Waals surface area (Å²) in [6, 6.07) is 6.55. The van der Waals surface area contributed by atoms with E-state index in [1.807, 2.05) is 6.92 Å².